The first-order valence-electron chi connectivity index (χ1n) is 9.15. The predicted octanol–water partition coefficient (Wildman–Crippen LogP) is 3.86. The molecule has 3 heterocycles. The molecule has 0 saturated heterocycles. The van der Waals surface area contributed by atoms with Crippen molar-refractivity contribution in [1.29, 1.82) is 0 Å². The van der Waals surface area contributed by atoms with Gasteiger partial charge >= 0.3 is 0 Å². The molecule has 5 rings (SSSR count). The van der Waals surface area contributed by atoms with Crippen molar-refractivity contribution in [2.45, 2.75) is 6.85 Å². The molecule has 0 saturated carbocycles. The molecule has 4 heteroatoms. The lowest BCUT2D eigenvalue weighted by atomic mass is 10.1. The van der Waals surface area contributed by atoms with Gasteiger partial charge in [-0.15, -0.1) is 0 Å². The summed E-state index contributed by atoms with van der Waals surface area (Å²) in [4.78, 5) is 4.23. The first-order chi connectivity index (χ1) is 12.9. The largest absolute Gasteiger partial charge is 0.443 e. The van der Waals surface area contributed by atoms with Gasteiger partial charge in [-0.05, 0) is 19.0 Å². The predicted molar refractivity (Wildman–Crippen MR) is 93.1 cm³/mol. The molecule has 24 heavy (non-hydrogen) atoms. The normalized spacial score (nSPS) is 14.1. The van der Waals surface area contributed by atoms with Crippen LogP contribution in [-0.2, 0) is 7.05 Å². The van der Waals surface area contributed by atoms with Gasteiger partial charge in [-0.2, -0.15) is 0 Å². The van der Waals surface area contributed by atoms with E-state index >= 15 is 0 Å². The zero-order chi connectivity index (χ0) is 18.8. The molecule has 0 bridgehead atoms. The monoisotopic (exact) mass is 316 g/mol. The maximum Gasteiger partial charge on any atom is 0.244 e. The summed E-state index contributed by atoms with van der Waals surface area (Å²) < 4.78 is 32.6. The van der Waals surface area contributed by atoms with Gasteiger partial charge in [-0.25, -0.2) is 4.98 Å². The first-order valence-corrected chi connectivity index (χ1v) is 7.65. The molecule has 2 aromatic carbocycles. The number of para-hydroxylation sites is 3. The first kappa shape index (κ1) is 10.6. The van der Waals surface area contributed by atoms with Crippen LogP contribution >= 0.6 is 0 Å². The van der Waals surface area contributed by atoms with Crippen LogP contribution < -0.4 is 4.57 Å². The fourth-order valence-corrected chi connectivity index (χ4v) is 3.22. The number of aromatic nitrogens is 3. The van der Waals surface area contributed by atoms with E-state index in [0.29, 0.717) is 11.3 Å². The Labute approximate surface area is 142 Å². The van der Waals surface area contributed by atoms with Gasteiger partial charge in [0.05, 0.1) is 23.8 Å². The minimum Gasteiger partial charge on any atom is -0.443 e. The van der Waals surface area contributed by atoms with Crippen molar-refractivity contribution in [3.05, 3.63) is 66.6 Å². The fraction of sp³-hybridized carbons (Fsp3) is 0.100. The molecule has 0 spiro atoms. The fourth-order valence-electron chi connectivity index (χ4n) is 3.22. The van der Waals surface area contributed by atoms with Gasteiger partial charge in [0.25, 0.3) is 0 Å². The SMILES string of the molecule is [2H]C([2H])([2H])c1ccc2c(n1)oc1c(-[n+]3[c-]n(C)c4ccccc43)cccc12. The molecule has 0 fully saturated rings. The lowest BCUT2D eigenvalue weighted by Crippen LogP contribution is -2.29. The van der Waals surface area contributed by atoms with Crippen molar-refractivity contribution in [3.63, 3.8) is 0 Å². The Balaban J connectivity index is 1.83. The molecule has 4 nitrogen and oxygen atoms in total. The second-order valence-electron chi connectivity index (χ2n) is 5.79. The van der Waals surface area contributed by atoms with Crippen molar-refractivity contribution in [1.82, 2.24) is 9.55 Å². The minimum atomic E-state index is -2.27. The van der Waals surface area contributed by atoms with Gasteiger partial charge in [0.2, 0.25) is 12.0 Å². The van der Waals surface area contributed by atoms with E-state index in [4.69, 9.17) is 8.53 Å². The third-order valence-electron chi connectivity index (χ3n) is 4.32. The standard InChI is InChI=1S/C20H15N3O/c1-13-10-11-15-14-6-5-9-18(19(14)24-20(15)21-13)23-12-22(2)16-7-3-4-8-17(16)23/h3-11H,1-2H3/i1D3. The summed E-state index contributed by atoms with van der Waals surface area (Å²) in [6.07, 6.45) is 3.30. The van der Waals surface area contributed by atoms with E-state index in [1.807, 2.05) is 58.6 Å². The lowest BCUT2D eigenvalue weighted by molar-refractivity contribution is -0.571. The second-order valence-corrected chi connectivity index (χ2v) is 5.79. The van der Waals surface area contributed by atoms with Gasteiger partial charge in [0, 0.05) is 20.6 Å². The molecular formula is C20H15N3O. The summed E-state index contributed by atoms with van der Waals surface area (Å²) in [5.74, 6) is 0. The summed E-state index contributed by atoms with van der Waals surface area (Å²) in [7, 11) is 1.95. The molecule has 0 aliphatic rings. The highest BCUT2D eigenvalue weighted by Crippen LogP contribution is 2.30. The maximum absolute atomic E-state index is 7.57. The van der Waals surface area contributed by atoms with Gasteiger partial charge < -0.3 is 13.6 Å². The van der Waals surface area contributed by atoms with E-state index in [9.17, 15) is 0 Å². The van der Waals surface area contributed by atoms with E-state index in [1.54, 1.807) is 6.07 Å². The summed E-state index contributed by atoms with van der Waals surface area (Å²) in [5, 5.41) is 1.68. The maximum atomic E-state index is 7.57. The summed E-state index contributed by atoms with van der Waals surface area (Å²) >= 11 is 0. The molecule has 0 radical (unpaired) electrons. The number of aryl methyl sites for hydroxylation is 2. The Bertz CT molecular complexity index is 1330. The quantitative estimate of drug-likeness (QED) is 0.348. The Kier molecular flexibility index (Phi) is 2.07. The Morgan fingerprint density at radius 3 is 2.92 bits per heavy atom. The van der Waals surface area contributed by atoms with Crippen LogP contribution in [0.3, 0.4) is 0 Å². The third-order valence-corrected chi connectivity index (χ3v) is 4.32. The number of rotatable bonds is 1. The number of nitrogens with zero attached hydrogens (tertiary/aromatic N) is 3. The smallest absolute Gasteiger partial charge is 0.244 e. The van der Waals surface area contributed by atoms with Crippen molar-refractivity contribution in [2.75, 3.05) is 0 Å². The molecule has 0 aliphatic carbocycles. The van der Waals surface area contributed by atoms with E-state index in [-0.39, 0.29) is 5.69 Å². The van der Waals surface area contributed by atoms with Crippen molar-refractivity contribution in [2.24, 2.45) is 7.05 Å². The number of imidazole rings is 1. The number of pyridine rings is 1. The third kappa shape index (κ3) is 1.74. The number of furan rings is 1. The van der Waals surface area contributed by atoms with Crippen LogP contribution in [-0.4, -0.2) is 9.55 Å². The zero-order valence-corrected chi connectivity index (χ0v) is 12.9. The molecular weight excluding hydrogens is 298 g/mol. The highest BCUT2D eigenvalue weighted by Gasteiger charge is 2.14. The molecule has 0 N–H and O–H groups in total. The van der Waals surface area contributed by atoms with Crippen LogP contribution in [0, 0.1) is 13.2 Å². The molecule has 0 aliphatic heterocycles. The van der Waals surface area contributed by atoms with E-state index < -0.39 is 6.85 Å². The topological polar surface area (TPSA) is 34.8 Å². The Morgan fingerprint density at radius 2 is 2.00 bits per heavy atom. The van der Waals surface area contributed by atoms with Gasteiger partial charge in [0.15, 0.2) is 0 Å². The van der Waals surface area contributed by atoms with Crippen LogP contribution in [0.25, 0.3) is 38.8 Å². The van der Waals surface area contributed by atoms with E-state index in [2.05, 4.69) is 11.3 Å². The van der Waals surface area contributed by atoms with Crippen molar-refractivity contribution >= 4 is 33.1 Å². The minimum absolute atomic E-state index is 0.0278. The molecule has 5 aromatic rings. The molecule has 0 atom stereocenters. The van der Waals surface area contributed by atoms with Crippen LogP contribution in [0.2, 0.25) is 0 Å². The highest BCUT2D eigenvalue weighted by atomic mass is 16.3. The van der Waals surface area contributed by atoms with Crippen LogP contribution in [0.4, 0.5) is 0 Å². The summed E-state index contributed by atoms with van der Waals surface area (Å²) in [5.41, 5.74) is 3.89. The average molecular weight is 316 g/mol. The Morgan fingerprint density at radius 1 is 1.08 bits per heavy atom. The summed E-state index contributed by atoms with van der Waals surface area (Å²) in [6.45, 7) is -2.27. The van der Waals surface area contributed by atoms with E-state index in [0.717, 1.165) is 27.5 Å². The average Bonchev–Trinajstić information content (AvgIpc) is 3.19. The zero-order valence-electron chi connectivity index (χ0n) is 15.9. The molecule has 0 unspecified atom stereocenters. The molecule has 0 amide bonds. The van der Waals surface area contributed by atoms with Crippen LogP contribution in [0.5, 0.6) is 0 Å². The van der Waals surface area contributed by atoms with Crippen LogP contribution in [0.15, 0.2) is 59.0 Å². The molecule has 116 valence electrons. The van der Waals surface area contributed by atoms with Gasteiger partial charge in [-0.3, -0.25) is 0 Å². The van der Waals surface area contributed by atoms with Crippen LogP contribution in [0.1, 0.15) is 9.81 Å². The highest BCUT2D eigenvalue weighted by molar-refractivity contribution is 6.05. The molecule has 3 aromatic heterocycles. The lowest BCUT2D eigenvalue weighted by Gasteiger charge is -2.05. The number of fused-ring (bicyclic) bond motifs is 4. The van der Waals surface area contributed by atoms with Crippen molar-refractivity contribution < 1.29 is 13.1 Å². The number of hydrogen-bond acceptors (Lipinski definition) is 2. The van der Waals surface area contributed by atoms with Crippen molar-refractivity contribution in [3.8, 4) is 5.69 Å². The second kappa shape index (κ2) is 4.68. The number of hydrogen-bond donors (Lipinski definition) is 0. The van der Waals surface area contributed by atoms with Gasteiger partial charge in [-0.1, -0.05) is 42.5 Å². The summed E-state index contributed by atoms with van der Waals surface area (Å²) in [6, 6.07) is 17.2. The number of benzene rings is 2. The van der Waals surface area contributed by atoms with E-state index in [1.165, 1.54) is 6.07 Å². The van der Waals surface area contributed by atoms with Gasteiger partial charge in [0.1, 0.15) is 5.58 Å². The Hall–Kier alpha value is -3.14.